The van der Waals surface area contributed by atoms with E-state index in [1.54, 1.807) is 81.4 Å². The van der Waals surface area contributed by atoms with Crippen molar-refractivity contribution >= 4 is 38.5 Å². The van der Waals surface area contributed by atoms with Crippen LogP contribution in [0.4, 0.5) is 14.9 Å². The molecule has 1 aromatic heterocycles. The first-order valence-electron chi connectivity index (χ1n) is 13.7. The van der Waals surface area contributed by atoms with E-state index < -0.39 is 39.5 Å². The maximum atomic E-state index is 15.2. The normalized spacial score (nSPS) is 12.5. The number of halogens is 1. The number of benzene rings is 4. The van der Waals surface area contributed by atoms with E-state index >= 15 is 4.39 Å². The summed E-state index contributed by atoms with van der Waals surface area (Å²) in [7, 11) is -4.24. The van der Waals surface area contributed by atoms with Gasteiger partial charge in [0.1, 0.15) is 17.5 Å². The lowest BCUT2D eigenvalue weighted by atomic mass is 10.0. The SMILES string of the molecule is CC(C)(C)OC(=O)Nc1ccc(-c2nc(-c3ccc(CC(NS(=O)(=O)c4cccc5ccccc45)C(=O)O)cc3F)no2)cc1. The van der Waals surface area contributed by atoms with Gasteiger partial charge < -0.3 is 14.4 Å². The molecule has 5 aromatic rings. The Labute approximate surface area is 258 Å². The molecule has 45 heavy (non-hydrogen) atoms. The first-order valence-corrected chi connectivity index (χ1v) is 15.2. The summed E-state index contributed by atoms with van der Waals surface area (Å²) in [5.41, 5.74) is 0.587. The molecule has 5 rings (SSSR count). The quantitative estimate of drug-likeness (QED) is 0.177. The Morgan fingerprint density at radius 2 is 1.71 bits per heavy atom. The van der Waals surface area contributed by atoms with E-state index in [1.165, 1.54) is 18.2 Å². The zero-order valence-corrected chi connectivity index (χ0v) is 25.3. The molecule has 0 bridgehead atoms. The van der Waals surface area contributed by atoms with Crippen LogP contribution < -0.4 is 10.0 Å². The van der Waals surface area contributed by atoms with E-state index in [0.717, 1.165) is 6.07 Å². The third kappa shape index (κ3) is 7.51. The molecule has 0 radical (unpaired) electrons. The summed E-state index contributed by atoms with van der Waals surface area (Å²) >= 11 is 0. The van der Waals surface area contributed by atoms with Gasteiger partial charge in [-0.05, 0) is 80.6 Å². The molecule has 4 aromatic carbocycles. The van der Waals surface area contributed by atoms with Crippen LogP contribution in [0.1, 0.15) is 26.3 Å². The van der Waals surface area contributed by atoms with Crippen LogP contribution in [-0.4, -0.2) is 47.4 Å². The lowest BCUT2D eigenvalue weighted by molar-refractivity contribution is -0.138. The molecule has 3 N–H and O–H groups in total. The van der Waals surface area contributed by atoms with Crippen LogP contribution in [0, 0.1) is 5.82 Å². The number of carbonyl (C=O) groups excluding carboxylic acids is 1. The number of nitrogens with zero attached hydrogens (tertiary/aromatic N) is 2. The fourth-order valence-electron chi connectivity index (χ4n) is 4.53. The van der Waals surface area contributed by atoms with Crippen LogP contribution >= 0.6 is 0 Å². The van der Waals surface area contributed by atoms with E-state index in [1.807, 2.05) is 0 Å². The lowest BCUT2D eigenvalue weighted by Gasteiger charge is -2.19. The molecule has 0 aliphatic carbocycles. The highest BCUT2D eigenvalue weighted by molar-refractivity contribution is 7.89. The van der Waals surface area contributed by atoms with Crippen LogP contribution in [0.2, 0.25) is 0 Å². The standard InChI is InChI=1S/C32H29FN4O7S/c1-32(2,3)43-31(40)34-22-14-12-21(13-15-22)29-35-28(36-44-29)24-16-11-19(17-25(24)33)18-26(30(38)39)37-45(41,42)27-10-6-8-20-7-4-5-9-23(20)27/h4-17,26,37H,18H2,1-3H3,(H,34,40)(H,38,39). The number of hydrogen-bond donors (Lipinski definition) is 3. The van der Waals surface area contributed by atoms with Gasteiger partial charge in [-0.25, -0.2) is 17.6 Å². The number of carboxylic acids is 1. The molecule has 1 unspecified atom stereocenters. The highest BCUT2D eigenvalue weighted by Gasteiger charge is 2.27. The van der Waals surface area contributed by atoms with Gasteiger partial charge in [-0.15, -0.1) is 0 Å². The third-order valence-electron chi connectivity index (χ3n) is 6.55. The molecule has 0 aliphatic heterocycles. The second-order valence-electron chi connectivity index (χ2n) is 11.1. The van der Waals surface area contributed by atoms with Crippen molar-refractivity contribution < 1.29 is 36.8 Å². The molecule has 13 heteroatoms. The number of rotatable bonds is 9. The fourth-order valence-corrected chi connectivity index (χ4v) is 5.95. The van der Waals surface area contributed by atoms with Gasteiger partial charge in [0, 0.05) is 16.6 Å². The first kappa shape index (κ1) is 31.3. The van der Waals surface area contributed by atoms with Crippen molar-refractivity contribution in [3.8, 4) is 22.8 Å². The van der Waals surface area contributed by atoms with E-state index in [9.17, 15) is 23.1 Å². The second-order valence-corrected chi connectivity index (χ2v) is 12.8. The summed E-state index contributed by atoms with van der Waals surface area (Å²) in [6, 6.07) is 20.4. The van der Waals surface area contributed by atoms with Crippen LogP contribution in [0.25, 0.3) is 33.6 Å². The Morgan fingerprint density at radius 3 is 2.40 bits per heavy atom. The number of hydrogen-bond acceptors (Lipinski definition) is 8. The van der Waals surface area contributed by atoms with Gasteiger partial charge >= 0.3 is 12.1 Å². The van der Waals surface area contributed by atoms with Gasteiger partial charge in [0.25, 0.3) is 5.89 Å². The number of sulfonamides is 1. The summed E-state index contributed by atoms with van der Waals surface area (Å²) in [6.07, 6.45) is -0.927. The van der Waals surface area contributed by atoms with Crippen LogP contribution in [0.3, 0.4) is 0 Å². The molecule has 0 fully saturated rings. The summed E-state index contributed by atoms with van der Waals surface area (Å²) in [4.78, 5) is 28.2. The van der Waals surface area contributed by atoms with Gasteiger partial charge in [0.2, 0.25) is 15.8 Å². The van der Waals surface area contributed by atoms with Crippen molar-refractivity contribution in [2.45, 2.75) is 43.7 Å². The Kier molecular flexibility index (Phi) is 8.66. The average Bonchev–Trinajstić information content (AvgIpc) is 3.46. The molecule has 0 saturated carbocycles. The van der Waals surface area contributed by atoms with Crippen molar-refractivity contribution in [2.75, 3.05) is 5.32 Å². The zero-order chi connectivity index (χ0) is 32.4. The summed E-state index contributed by atoms with van der Waals surface area (Å²) < 4.78 is 54.4. The van der Waals surface area contributed by atoms with Gasteiger partial charge in [-0.2, -0.15) is 9.71 Å². The van der Waals surface area contributed by atoms with Crippen molar-refractivity contribution in [1.29, 1.82) is 0 Å². The number of fused-ring (bicyclic) bond motifs is 1. The maximum absolute atomic E-state index is 15.2. The number of aromatic nitrogens is 2. The van der Waals surface area contributed by atoms with Crippen molar-refractivity contribution in [1.82, 2.24) is 14.9 Å². The molecular formula is C32H29FN4O7S. The van der Waals surface area contributed by atoms with Crippen molar-refractivity contribution in [2.24, 2.45) is 0 Å². The minimum atomic E-state index is -4.24. The summed E-state index contributed by atoms with van der Waals surface area (Å²) in [6.45, 7) is 5.26. The van der Waals surface area contributed by atoms with E-state index in [2.05, 4.69) is 20.2 Å². The minimum absolute atomic E-state index is 0.000161. The molecule has 0 aliphatic rings. The number of carbonyl (C=O) groups is 2. The highest BCUT2D eigenvalue weighted by Crippen LogP contribution is 2.27. The molecule has 232 valence electrons. The van der Waals surface area contributed by atoms with Gasteiger partial charge in [-0.1, -0.05) is 47.6 Å². The van der Waals surface area contributed by atoms with Gasteiger partial charge in [-0.3, -0.25) is 10.1 Å². The number of nitrogens with one attached hydrogen (secondary N) is 2. The number of amides is 1. The predicted molar refractivity (Wildman–Crippen MR) is 164 cm³/mol. The highest BCUT2D eigenvalue weighted by atomic mass is 32.2. The van der Waals surface area contributed by atoms with Crippen LogP contribution in [-0.2, 0) is 26.0 Å². The maximum Gasteiger partial charge on any atom is 0.412 e. The zero-order valence-electron chi connectivity index (χ0n) is 24.4. The predicted octanol–water partition coefficient (Wildman–Crippen LogP) is 6.02. The van der Waals surface area contributed by atoms with Crippen molar-refractivity contribution in [3.63, 3.8) is 0 Å². The molecule has 1 heterocycles. The van der Waals surface area contributed by atoms with Gasteiger partial charge in [0.05, 0.1) is 10.5 Å². The van der Waals surface area contributed by atoms with Crippen LogP contribution in [0.5, 0.6) is 0 Å². The van der Waals surface area contributed by atoms with Crippen LogP contribution in [0.15, 0.2) is 94.3 Å². The average molecular weight is 633 g/mol. The largest absolute Gasteiger partial charge is 0.480 e. The molecular weight excluding hydrogens is 603 g/mol. The fraction of sp³-hybridized carbons (Fsp3) is 0.188. The number of aliphatic carboxylic acids is 1. The molecule has 0 saturated heterocycles. The Morgan fingerprint density at radius 1 is 1.00 bits per heavy atom. The minimum Gasteiger partial charge on any atom is -0.480 e. The van der Waals surface area contributed by atoms with E-state index in [-0.39, 0.29) is 34.2 Å². The topological polar surface area (TPSA) is 161 Å². The summed E-state index contributed by atoms with van der Waals surface area (Å²) in [5, 5.41) is 17.4. The van der Waals surface area contributed by atoms with E-state index in [0.29, 0.717) is 22.0 Å². The number of carboxylic acid groups (broad SMARTS) is 1. The van der Waals surface area contributed by atoms with E-state index in [4.69, 9.17) is 9.26 Å². The number of ether oxygens (including phenoxy) is 1. The van der Waals surface area contributed by atoms with Crippen molar-refractivity contribution in [3.05, 3.63) is 96.3 Å². The Hall–Kier alpha value is -5.14. The first-order chi connectivity index (χ1) is 21.3. The monoisotopic (exact) mass is 632 g/mol. The number of anilines is 1. The third-order valence-corrected chi connectivity index (χ3v) is 8.08. The molecule has 1 amide bonds. The Bertz CT molecular complexity index is 1980. The smallest absolute Gasteiger partial charge is 0.412 e. The molecule has 11 nitrogen and oxygen atoms in total. The lowest BCUT2D eigenvalue weighted by Crippen LogP contribution is -2.42. The summed E-state index contributed by atoms with van der Waals surface area (Å²) in [5.74, 6) is -2.11. The molecule has 0 spiro atoms. The second kappa shape index (κ2) is 12.5. The van der Waals surface area contributed by atoms with Gasteiger partial charge in [0.15, 0.2) is 0 Å². The Balaban J connectivity index is 1.29. The molecule has 1 atom stereocenters.